The third-order valence-corrected chi connectivity index (χ3v) is 3.26. The van der Waals surface area contributed by atoms with Crippen molar-refractivity contribution in [3.8, 4) is 16.9 Å². The lowest BCUT2D eigenvalue weighted by Crippen LogP contribution is -2.39. The number of anilines is 1. The van der Waals surface area contributed by atoms with Gasteiger partial charge in [-0.2, -0.15) is 0 Å². The Bertz CT molecular complexity index is 622. The van der Waals surface area contributed by atoms with E-state index < -0.39 is 0 Å². The molecule has 0 radical (unpaired) electrons. The molecule has 3 heteroatoms. The van der Waals surface area contributed by atoms with E-state index in [0.717, 1.165) is 23.5 Å². The number of hydrogen-bond donors (Lipinski definition) is 1. The van der Waals surface area contributed by atoms with Crippen molar-refractivity contribution in [2.45, 2.75) is 19.4 Å². The quantitative estimate of drug-likeness (QED) is 0.831. The van der Waals surface area contributed by atoms with Gasteiger partial charge in [0.25, 0.3) is 0 Å². The van der Waals surface area contributed by atoms with Crippen LogP contribution in [0.25, 0.3) is 11.1 Å². The molecule has 1 N–H and O–H groups in total. The maximum atomic E-state index is 13.8. The summed E-state index contributed by atoms with van der Waals surface area (Å²) in [6, 6.07) is 12.5. The third-order valence-electron chi connectivity index (χ3n) is 3.26. The molecule has 1 heterocycles. The standard InChI is InChI=1S/C16H16FNO/c1-16(2)10-18-14-9-11(7-8-15(14)19-16)12-5-3-4-6-13(12)17/h3-9,18H,10H2,1-2H3. The van der Waals surface area contributed by atoms with Crippen LogP contribution in [0.3, 0.4) is 0 Å². The molecule has 0 spiro atoms. The summed E-state index contributed by atoms with van der Waals surface area (Å²) in [6.45, 7) is 4.81. The number of benzene rings is 2. The summed E-state index contributed by atoms with van der Waals surface area (Å²) in [4.78, 5) is 0. The highest BCUT2D eigenvalue weighted by Gasteiger charge is 2.26. The lowest BCUT2D eigenvalue weighted by molar-refractivity contribution is 0.116. The van der Waals surface area contributed by atoms with E-state index in [0.29, 0.717) is 5.56 Å². The van der Waals surface area contributed by atoms with Crippen molar-refractivity contribution in [1.29, 1.82) is 0 Å². The molecule has 0 aromatic heterocycles. The van der Waals surface area contributed by atoms with Crippen LogP contribution < -0.4 is 10.1 Å². The van der Waals surface area contributed by atoms with Gasteiger partial charge in [-0.15, -0.1) is 0 Å². The average Bonchev–Trinajstić information content (AvgIpc) is 2.38. The van der Waals surface area contributed by atoms with Crippen molar-refractivity contribution in [1.82, 2.24) is 0 Å². The Morgan fingerprint density at radius 3 is 2.74 bits per heavy atom. The van der Waals surface area contributed by atoms with Gasteiger partial charge in [0, 0.05) is 5.56 Å². The predicted molar refractivity (Wildman–Crippen MR) is 75.0 cm³/mol. The van der Waals surface area contributed by atoms with Crippen LogP contribution >= 0.6 is 0 Å². The molecule has 19 heavy (non-hydrogen) atoms. The highest BCUT2D eigenvalue weighted by molar-refractivity contribution is 5.73. The van der Waals surface area contributed by atoms with Gasteiger partial charge in [0.2, 0.25) is 0 Å². The zero-order chi connectivity index (χ0) is 13.5. The lowest BCUT2D eigenvalue weighted by atomic mass is 10.0. The van der Waals surface area contributed by atoms with E-state index in [2.05, 4.69) is 5.32 Å². The second-order valence-electron chi connectivity index (χ2n) is 5.41. The molecule has 2 aromatic rings. The normalized spacial score (nSPS) is 16.2. The molecule has 0 amide bonds. The Labute approximate surface area is 112 Å². The van der Waals surface area contributed by atoms with Crippen LogP contribution in [0, 0.1) is 5.82 Å². The number of nitrogens with one attached hydrogen (secondary N) is 1. The maximum Gasteiger partial charge on any atom is 0.143 e. The minimum Gasteiger partial charge on any atom is -0.484 e. The summed E-state index contributed by atoms with van der Waals surface area (Å²) < 4.78 is 19.7. The smallest absolute Gasteiger partial charge is 0.143 e. The molecule has 0 fully saturated rings. The Morgan fingerprint density at radius 2 is 1.95 bits per heavy atom. The molecule has 2 aromatic carbocycles. The van der Waals surface area contributed by atoms with E-state index in [1.54, 1.807) is 12.1 Å². The van der Waals surface area contributed by atoms with Crippen molar-refractivity contribution in [2.75, 3.05) is 11.9 Å². The van der Waals surface area contributed by atoms with Gasteiger partial charge in [-0.25, -0.2) is 4.39 Å². The molecule has 1 aliphatic heterocycles. The average molecular weight is 257 g/mol. The first-order valence-electron chi connectivity index (χ1n) is 6.37. The van der Waals surface area contributed by atoms with E-state index in [1.807, 2.05) is 38.1 Å². The summed E-state index contributed by atoms with van der Waals surface area (Å²) in [5.41, 5.74) is 2.16. The van der Waals surface area contributed by atoms with Crippen LogP contribution in [0.15, 0.2) is 42.5 Å². The zero-order valence-electron chi connectivity index (χ0n) is 11.0. The minimum atomic E-state index is -0.216. The number of rotatable bonds is 1. The molecule has 98 valence electrons. The van der Waals surface area contributed by atoms with Gasteiger partial charge in [-0.3, -0.25) is 0 Å². The zero-order valence-corrected chi connectivity index (χ0v) is 11.0. The molecule has 0 saturated heterocycles. The molecular formula is C16H16FNO. The predicted octanol–water partition coefficient (Wildman–Crippen LogP) is 4.08. The van der Waals surface area contributed by atoms with Crippen LogP contribution in [0.1, 0.15) is 13.8 Å². The van der Waals surface area contributed by atoms with Crippen molar-refractivity contribution in [3.63, 3.8) is 0 Å². The highest BCUT2D eigenvalue weighted by Crippen LogP contribution is 2.36. The maximum absolute atomic E-state index is 13.8. The summed E-state index contributed by atoms with van der Waals surface area (Å²) in [7, 11) is 0. The molecule has 2 nitrogen and oxygen atoms in total. The summed E-state index contributed by atoms with van der Waals surface area (Å²) >= 11 is 0. The van der Waals surface area contributed by atoms with Crippen molar-refractivity contribution in [3.05, 3.63) is 48.3 Å². The van der Waals surface area contributed by atoms with E-state index in [9.17, 15) is 4.39 Å². The fraction of sp³-hybridized carbons (Fsp3) is 0.250. The van der Waals surface area contributed by atoms with Gasteiger partial charge < -0.3 is 10.1 Å². The molecule has 3 rings (SSSR count). The topological polar surface area (TPSA) is 21.3 Å². The van der Waals surface area contributed by atoms with Gasteiger partial charge in [0.05, 0.1) is 12.2 Å². The van der Waals surface area contributed by atoms with Gasteiger partial charge in [0.1, 0.15) is 17.2 Å². The SMILES string of the molecule is CC1(C)CNc2cc(-c3ccccc3F)ccc2O1. The minimum absolute atomic E-state index is 0.209. The molecule has 1 aliphatic rings. The van der Waals surface area contributed by atoms with Crippen LogP contribution in [-0.4, -0.2) is 12.1 Å². The largest absolute Gasteiger partial charge is 0.484 e. The van der Waals surface area contributed by atoms with E-state index >= 15 is 0 Å². The van der Waals surface area contributed by atoms with Gasteiger partial charge in [-0.1, -0.05) is 24.3 Å². The second kappa shape index (κ2) is 4.26. The van der Waals surface area contributed by atoms with E-state index in [4.69, 9.17) is 4.74 Å². The number of halogens is 1. The monoisotopic (exact) mass is 257 g/mol. The molecular weight excluding hydrogens is 241 g/mol. The first-order chi connectivity index (χ1) is 9.05. The Balaban J connectivity index is 2.02. The van der Waals surface area contributed by atoms with E-state index in [1.165, 1.54) is 6.07 Å². The number of fused-ring (bicyclic) bond motifs is 1. The van der Waals surface area contributed by atoms with Gasteiger partial charge >= 0.3 is 0 Å². The van der Waals surface area contributed by atoms with Crippen LogP contribution in [0.4, 0.5) is 10.1 Å². The number of ether oxygens (including phenoxy) is 1. The van der Waals surface area contributed by atoms with Gasteiger partial charge in [0.15, 0.2) is 0 Å². The van der Waals surface area contributed by atoms with Crippen LogP contribution in [0.5, 0.6) is 5.75 Å². The molecule has 0 unspecified atom stereocenters. The van der Waals surface area contributed by atoms with Crippen LogP contribution in [0.2, 0.25) is 0 Å². The third kappa shape index (κ3) is 2.28. The first kappa shape index (κ1) is 12.0. The Hall–Kier alpha value is -2.03. The summed E-state index contributed by atoms with van der Waals surface area (Å²) in [6.07, 6.45) is 0. The molecule has 0 bridgehead atoms. The van der Waals surface area contributed by atoms with Crippen LogP contribution in [-0.2, 0) is 0 Å². The molecule has 0 aliphatic carbocycles. The second-order valence-corrected chi connectivity index (χ2v) is 5.41. The van der Waals surface area contributed by atoms with Crippen molar-refractivity contribution in [2.24, 2.45) is 0 Å². The van der Waals surface area contributed by atoms with Crippen molar-refractivity contribution < 1.29 is 9.13 Å². The first-order valence-corrected chi connectivity index (χ1v) is 6.37. The Morgan fingerprint density at radius 1 is 1.16 bits per heavy atom. The molecule has 0 atom stereocenters. The van der Waals surface area contributed by atoms with Crippen molar-refractivity contribution >= 4 is 5.69 Å². The van der Waals surface area contributed by atoms with E-state index in [-0.39, 0.29) is 11.4 Å². The lowest BCUT2D eigenvalue weighted by Gasteiger charge is -2.33. The Kier molecular flexibility index (Phi) is 2.70. The number of hydrogen-bond acceptors (Lipinski definition) is 2. The summed E-state index contributed by atoms with van der Waals surface area (Å²) in [5, 5.41) is 3.34. The highest BCUT2D eigenvalue weighted by atomic mass is 19.1. The summed E-state index contributed by atoms with van der Waals surface area (Å²) in [5.74, 6) is 0.607. The molecule has 0 saturated carbocycles. The fourth-order valence-corrected chi connectivity index (χ4v) is 2.26. The van der Waals surface area contributed by atoms with Gasteiger partial charge in [-0.05, 0) is 37.6 Å². The fourth-order valence-electron chi connectivity index (χ4n) is 2.26.